The topological polar surface area (TPSA) is 88.4 Å². The van der Waals surface area contributed by atoms with Crippen LogP contribution in [-0.2, 0) is 19.2 Å². The molecule has 6 fully saturated rings. The van der Waals surface area contributed by atoms with Crippen molar-refractivity contribution < 1.29 is 24.3 Å². The van der Waals surface area contributed by atoms with E-state index >= 15 is 0 Å². The van der Waals surface area contributed by atoms with Crippen molar-refractivity contribution in [2.45, 2.75) is 90.9 Å². The zero-order valence-electron chi connectivity index (χ0n) is 21.6. The summed E-state index contributed by atoms with van der Waals surface area (Å²) in [7, 11) is 0. The van der Waals surface area contributed by atoms with E-state index in [2.05, 4.69) is 30.5 Å². The number of likely N-dealkylation sites (tertiary alicyclic amines) is 1. The molecule has 35 heavy (non-hydrogen) atoms. The molecule has 0 aromatic heterocycles. The summed E-state index contributed by atoms with van der Waals surface area (Å²) >= 11 is 0. The Morgan fingerprint density at radius 1 is 1.20 bits per heavy atom. The maximum Gasteiger partial charge on any atom is 0.334 e. The summed E-state index contributed by atoms with van der Waals surface area (Å²) < 4.78 is 6.25. The molecule has 6 rings (SSSR count). The fourth-order valence-corrected chi connectivity index (χ4v) is 10.4. The Kier molecular flexibility index (Phi) is 5.16. The summed E-state index contributed by atoms with van der Waals surface area (Å²) in [5, 5.41) is 16.3. The number of aliphatic hydroxyl groups is 1. The van der Waals surface area contributed by atoms with Crippen LogP contribution in [0.4, 0.5) is 0 Å². The van der Waals surface area contributed by atoms with E-state index in [4.69, 9.17) is 9.57 Å². The number of hydrogen-bond donors (Lipinski definition) is 1. The number of esters is 1. The number of ether oxygens (including phenoxy) is 1. The highest BCUT2D eigenvalue weighted by molar-refractivity contribution is 5.92. The van der Waals surface area contributed by atoms with Gasteiger partial charge in [0.05, 0.1) is 11.8 Å². The lowest BCUT2D eigenvalue weighted by Crippen LogP contribution is -2.68. The van der Waals surface area contributed by atoms with Crippen LogP contribution < -0.4 is 0 Å². The van der Waals surface area contributed by atoms with Crippen molar-refractivity contribution in [3.8, 4) is 0 Å². The monoisotopic (exact) mass is 484 g/mol. The maximum atomic E-state index is 12.7. The fraction of sp³-hybridized carbons (Fsp3) is 0.821. The van der Waals surface area contributed by atoms with Crippen LogP contribution in [0.3, 0.4) is 0 Å². The van der Waals surface area contributed by atoms with Gasteiger partial charge in [0.1, 0.15) is 6.10 Å². The third-order valence-electron chi connectivity index (χ3n) is 11.4. The first-order valence-electron chi connectivity index (χ1n) is 13.8. The molecule has 2 spiro atoms. The maximum absolute atomic E-state index is 12.7. The smallest absolute Gasteiger partial charge is 0.334 e. The van der Waals surface area contributed by atoms with Crippen LogP contribution in [0.15, 0.2) is 17.3 Å². The molecule has 5 saturated carbocycles. The minimum absolute atomic E-state index is 0.0524. The molecule has 0 unspecified atom stereocenters. The molecule has 6 aliphatic rings. The van der Waals surface area contributed by atoms with Crippen molar-refractivity contribution in [3.63, 3.8) is 0 Å². The van der Waals surface area contributed by atoms with Crippen molar-refractivity contribution in [3.05, 3.63) is 12.2 Å². The quantitative estimate of drug-likeness (QED) is 0.277. The van der Waals surface area contributed by atoms with Gasteiger partial charge in [0.25, 0.3) is 0 Å². The molecular formula is C28H40N2O5. The van der Waals surface area contributed by atoms with E-state index in [1.165, 1.54) is 0 Å². The van der Waals surface area contributed by atoms with Crippen LogP contribution in [0.25, 0.3) is 0 Å². The van der Waals surface area contributed by atoms with Gasteiger partial charge in [-0.15, -0.1) is 0 Å². The van der Waals surface area contributed by atoms with Gasteiger partial charge in [-0.2, -0.15) is 0 Å². The van der Waals surface area contributed by atoms with E-state index in [9.17, 15) is 14.7 Å². The Morgan fingerprint density at radius 2 is 1.94 bits per heavy atom. The van der Waals surface area contributed by atoms with Crippen molar-refractivity contribution in [1.82, 2.24) is 4.90 Å². The first kappa shape index (κ1) is 23.7. The summed E-state index contributed by atoms with van der Waals surface area (Å²) in [6.45, 7) is 14.8. The van der Waals surface area contributed by atoms with Gasteiger partial charge in [0.15, 0.2) is 0 Å². The van der Waals surface area contributed by atoms with Crippen molar-refractivity contribution in [2.75, 3.05) is 13.1 Å². The highest BCUT2D eigenvalue weighted by Gasteiger charge is 2.85. The van der Waals surface area contributed by atoms with E-state index in [0.29, 0.717) is 24.7 Å². The first-order chi connectivity index (χ1) is 16.7. The number of aliphatic hydroxyl groups excluding tert-OH is 1. The summed E-state index contributed by atoms with van der Waals surface area (Å²) in [6.07, 6.45) is 4.29. The van der Waals surface area contributed by atoms with Crippen molar-refractivity contribution >= 4 is 17.7 Å². The molecule has 10 atom stereocenters. The SMILES string of the molecule is C=C1[C@H]2C[C@@]3([C@@H]1OC(=O)CC)[C@@H](C/C2=N/OC(=O)CC)[C@@]12[C@@H]4[C@@H]3C[C@@H]1[C@@](C)(CC[C@@H]2O)CN4CC. The van der Waals surface area contributed by atoms with Gasteiger partial charge in [-0.1, -0.05) is 39.4 Å². The van der Waals surface area contributed by atoms with Gasteiger partial charge in [0.2, 0.25) is 0 Å². The molecule has 1 aliphatic heterocycles. The van der Waals surface area contributed by atoms with Gasteiger partial charge in [-0.3, -0.25) is 9.69 Å². The number of piperidine rings is 1. The minimum Gasteiger partial charge on any atom is -0.457 e. The number of nitrogens with zero attached hydrogens (tertiary/aromatic N) is 2. The molecule has 1 N–H and O–H groups in total. The molecule has 0 radical (unpaired) electrons. The summed E-state index contributed by atoms with van der Waals surface area (Å²) in [5.41, 5.74) is 1.42. The highest BCUT2D eigenvalue weighted by Crippen LogP contribution is 2.83. The van der Waals surface area contributed by atoms with E-state index in [-0.39, 0.29) is 64.7 Å². The van der Waals surface area contributed by atoms with E-state index in [1.807, 2.05) is 6.92 Å². The predicted octanol–water partition coefficient (Wildman–Crippen LogP) is 3.70. The highest BCUT2D eigenvalue weighted by atomic mass is 16.7. The Morgan fingerprint density at radius 3 is 2.63 bits per heavy atom. The van der Waals surface area contributed by atoms with E-state index in [1.54, 1.807) is 6.92 Å². The molecule has 0 aromatic rings. The lowest BCUT2D eigenvalue weighted by molar-refractivity contribution is -0.209. The summed E-state index contributed by atoms with van der Waals surface area (Å²) in [4.78, 5) is 32.6. The Hall–Kier alpha value is -1.73. The zero-order valence-corrected chi connectivity index (χ0v) is 21.6. The first-order valence-corrected chi connectivity index (χ1v) is 13.8. The fourth-order valence-electron chi connectivity index (χ4n) is 10.4. The third kappa shape index (κ3) is 2.67. The average Bonchev–Trinajstić information content (AvgIpc) is 3.38. The van der Waals surface area contributed by atoms with Gasteiger partial charge >= 0.3 is 11.9 Å². The Balaban J connectivity index is 1.53. The van der Waals surface area contributed by atoms with Crippen LogP contribution in [0.5, 0.6) is 0 Å². The number of oxime groups is 1. The number of carbonyl (C=O) groups excluding carboxylic acids is 2. The standard InChI is InChI=1S/C28H40N2O5/c1-6-22(32)34-25-15(4)16-13-27(25)17-11-19-26(5)10-9-21(31)28(19,24(17)30(8-3)14-26)20(27)12-18(16)29-35-23(33)7-2/h16-17,19-21,24-25,31H,4,6-14H2,1-3,5H3/b29-18-/t16-,17+,19-,20-,21+,24+,25-,26+,27+,28+/m1/s1. The Labute approximate surface area is 208 Å². The molecule has 1 heterocycles. The van der Waals surface area contributed by atoms with Crippen LogP contribution in [0.1, 0.15) is 72.6 Å². The third-order valence-corrected chi connectivity index (χ3v) is 11.4. The molecular weight excluding hydrogens is 444 g/mol. The molecule has 7 nitrogen and oxygen atoms in total. The van der Waals surface area contributed by atoms with E-state index < -0.39 is 0 Å². The molecule has 7 heteroatoms. The predicted molar refractivity (Wildman–Crippen MR) is 130 cm³/mol. The molecule has 7 bridgehead atoms. The lowest BCUT2D eigenvalue weighted by Gasteiger charge is -2.65. The molecule has 1 saturated heterocycles. The zero-order chi connectivity index (χ0) is 24.9. The molecule has 5 aliphatic carbocycles. The van der Waals surface area contributed by atoms with Crippen molar-refractivity contribution in [1.29, 1.82) is 0 Å². The number of hydrogen-bond acceptors (Lipinski definition) is 7. The van der Waals surface area contributed by atoms with Crippen LogP contribution in [0.2, 0.25) is 0 Å². The van der Waals surface area contributed by atoms with Crippen LogP contribution in [0, 0.1) is 39.9 Å². The van der Waals surface area contributed by atoms with Gasteiger partial charge in [0, 0.05) is 42.2 Å². The van der Waals surface area contributed by atoms with Crippen molar-refractivity contribution in [2.24, 2.45) is 45.1 Å². The van der Waals surface area contributed by atoms with Gasteiger partial charge in [-0.05, 0) is 67.4 Å². The molecule has 0 aromatic carbocycles. The average molecular weight is 485 g/mol. The second-order valence-corrected chi connectivity index (χ2v) is 12.4. The van der Waals surface area contributed by atoms with Gasteiger partial charge < -0.3 is 14.7 Å². The summed E-state index contributed by atoms with van der Waals surface area (Å²) in [5.74, 6) is 0.317. The number of carbonyl (C=O) groups is 2. The summed E-state index contributed by atoms with van der Waals surface area (Å²) in [6, 6.07) is 0.276. The Bertz CT molecular complexity index is 1010. The van der Waals surface area contributed by atoms with Crippen LogP contribution in [-0.4, -0.2) is 59.0 Å². The largest absolute Gasteiger partial charge is 0.457 e. The number of fused-ring (bicyclic) bond motifs is 1. The lowest BCUT2D eigenvalue weighted by atomic mass is 9.43. The minimum atomic E-state index is -0.387. The second kappa shape index (κ2) is 7.64. The second-order valence-electron chi connectivity index (χ2n) is 12.4. The van der Waals surface area contributed by atoms with Crippen LogP contribution >= 0.6 is 0 Å². The number of rotatable bonds is 5. The van der Waals surface area contributed by atoms with E-state index in [0.717, 1.165) is 50.1 Å². The van der Waals surface area contributed by atoms with Gasteiger partial charge in [-0.25, -0.2) is 4.79 Å². The molecule has 0 amide bonds. The normalized spacial score (nSPS) is 50.4. The molecule has 192 valence electrons.